The van der Waals surface area contributed by atoms with Gasteiger partial charge in [0.25, 0.3) is 0 Å². The first-order valence-electron chi connectivity index (χ1n) is 7.14. The molecule has 4 heteroatoms. The molecule has 0 saturated carbocycles. The topological polar surface area (TPSA) is 18.5 Å². The molecule has 0 N–H and O–H groups in total. The van der Waals surface area contributed by atoms with Gasteiger partial charge in [-0.15, -0.1) is 0 Å². The van der Waals surface area contributed by atoms with E-state index in [1.54, 1.807) is 0 Å². The van der Waals surface area contributed by atoms with E-state index in [0.717, 1.165) is 45.6 Å². The molecule has 114 valence electrons. The van der Waals surface area contributed by atoms with Gasteiger partial charge < -0.3 is 9.47 Å². The monoisotopic (exact) mass is 454 g/mol. The predicted molar refractivity (Wildman–Crippen MR) is 96.8 cm³/mol. The van der Waals surface area contributed by atoms with Crippen molar-refractivity contribution in [3.05, 3.63) is 20.2 Å². The molecule has 1 rings (SSSR count). The van der Waals surface area contributed by atoms with Gasteiger partial charge in [0.2, 0.25) is 0 Å². The van der Waals surface area contributed by atoms with Gasteiger partial charge in [-0.25, -0.2) is 0 Å². The first kappa shape index (κ1) is 18.1. The Bertz CT molecular complexity index is 379. The minimum absolute atomic E-state index is 0.659. The molecule has 0 spiro atoms. The summed E-state index contributed by atoms with van der Waals surface area (Å²) < 4.78 is 13.7. The molecule has 0 aliphatic rings. The molecule has 0 saturated heterocycles. The van der Waals surface area contributed by atoms with E-state index >= 15 is 0 Å². The summed E-state index contributed by atoms with van der Waals surface area (Å²) in [6.07, 6.45) is 2.13. The van der Waals surface area contributed by atoms with E-state index in [-0.39, 0.29) is 0 Å². The normalized spacial score (nSPS) is 11.2. The molecule has 1 aromatic carbocycles. The highest BCUT2D eigenvalue weighted by atomic mass is 127. The van der Waals surface area contributed by atoms with Crippen LogP contribution in [0.15, 0.2) is 16.6 Å². The first-order valence-corrected chi connectivity index (χ1v) is 9.02. The minimum atomic E-state index is 0.659. The summed E-state index contributed by atoms with van der Waals surface area (Å²) in [5, 5.41) is 0. The van der Waals surface area contributed by atoms with Crippen LogP contribution in [0, 0.1) is 15.4 Å². The number of hydrogen-bond donors (Lipinski definition) is 0. The fraction of sp³-hybridized carbons (Fsp3) is 0.625. The lowest BCUT2D eigenvalue weighted by Crippen LogP contribution is -2.04. The average Bonchev–Trinajstić information content (AvgIpc) is 2.33. The van der Waals surface area contributed by atoms with Gasteiger partial charge in [0.05, 0.1) is 21.3 Å². The van der Waals surface area contributed by atoms with E-state index in [9.17, 15) is 0 Å². The van der Waals surface area contributed by atoms with Crippen LogP contribution >= 0.6 is 38.5 Å². The van der Waals surface area contributed by atoms with Gasteiger partial charge in [0.15, 0.2) is 0 Å². The van der Waals surface area contributed by atoms with Crippen molar-refractivity contribution in [2.75, 3.05) is 13.2 Å². The van der Waals surface area contributed by atoms with Crippen LogP contribution in [0.2, 0.25) is 0 Å². The van der Waals surface area contributed by atoms with Crippen molar-refractivity contribution in [2.24, 2.45) is 11.8 Å². The number of ether oxygens (including phenoxy) is 2. The quantitative estimate of drug-likeness (QED) is 0.455. The van der Waals surface area contributed by atoms with Gasteiger partial charge in [-0.3, -0.25) is 0 Å². The van der Waals surface area contributed by atoms with Gasteiger partial charge in [0, 0.05) is 0 Å². The lowest BCUT2D eigenvalue weighted by molar-refractivity contribution is 0.279. The molecule has 0 aromatic heterocycles. The molecule has 0 atom stereocenters. The zero-order valence-electron chi connectivity index (χ0n) is 12.7. The van der Waals surface area contributed by atoms with Crippen LogP contribution in [-0.2, 0) is 0 Å². The van der Waals surface area contributed by atoms with E-state index in [4.69, 9.17) is 9.47 Å². The van der Waals surface area contributed by atoms with Crippen molar-refractivity contribution in [3.8, 4) is 11.5 Å². The molecular weight excluding hydrogens is 431 g/mol. The third-order valence-corrected chi connectivity index (χ3v) is 4.35. The third-order valence-electron chi connectivity index (χ3n) is 2.89. The maximum absolute atomic E-state index is 5.83. The fourth-order valence-corrected chi connectivity index (χ4v) is 2.57. The summed E-state index contributed by atoms with van der Waals surface area (Å²) in [5.74, 6) is 3.14. The molecule has 0 aliphatic carbocycles. The number of rotatable bonds is 8. The standard InChI is InChI=1S/C16H24BrIO2/c1-11(2)5-7-19-15-10-14(18)16(9-13(15)17)20-8-6-12(3)4/h9-12H,5-8H2,1-4H3. The number of hydrogen-bond acceptors (Lipinski definition) is 2. The van der Waals surface area contributed by atoms with Gasteiger partial charge in [-0.05, 0) is 75.3 Å². The third kappa shape index (κ3) is 6.66. The highest BCUT2D eigenvalue weighted by Gasteiger charge is 2.09. The lowest BCUT2D eigenvalue weighted by Gasteiger charge is -2.14. The smallest absolute Gasteiger partial charge is 0.134 e. The molecule has 0 radical (unpaired) electrons. The van der Waals surface area contributed by atoms with E-state index < -0.39 is 0 Å². The summed E-state index contributed by atoms with van der Waals surface area (Å²) in [7, 11) is 0. The van der Waals surface area contributed by atoms with E-state index in [1.165, 1.54) is 0 Å². The second kappa shape index (κ2) is 9.13. The summed E-state index contributed by atoms with van der Waals surface area (Å²) in [6.45, 7) is 10.3. The van der Waals surface area contributed by atoms with Crippen LogP contribution in [0.5, 0.6) is 11.5 Å². The van der Waals surface area contributed by atoms with Crippen LogP contribution in [0.4, 0.5) is 0 Å². The Hall–Kier alpha value is 0.0300. The zero-order valence-corrected chi connectivity index (χ0v) is 16.5. The van der Waals surface area contributed by atoms with E-state index in [0.29, 0.717) is 11.8 Å². The SMILES string of the molecule is CC(C)CCOc1cc(I)c(OCCC(C)C)cc1Br. The van der Waals surface area contributed by atoms with Crippen LogP contribution in [0.3, 0.4) is 0 Å². The molecule has 0 fully saturated rings. The number of benzene rings is 1. The van der Waals surface area contributed by atoms with Crippen LogP contribution in [-0.4, -0.2) is 13.2 Å². The first-order chi connectivity index (χ1) is 9.40. The Balaban J connectivity index is 2.61. The summed E-state index contributed by atoms with van der Waals surface area (Å²) >= 11 is 5.86. The fourth-order valence-electron chi connectivity index (χ4n) is 1.54. The second-order valence-corrected chi connectivity index (χ2v) is 7.79. The Morgan fingerprint density at radius 2 is 1.45 bits per heavy atom. The Labute approximate surface area is 144 Å². The maximum Gasteiger partial charge on any atom is 0.134 e. The Morgan fingerprint density at radius 3 is 1.95 bits per heavy atom. The molecule has 2 nitrogen and oxygen atoms in total. The van der Waals surface area contributed by atoms with Crippen molar-refractivity contribution in [1.29, 1.82) is 0 Å². The predicted octanol–water partition coefficient (Wildman–Crippen LogP) is 5.90. The molecule has 1 aromatic rings. The Kier molecular flexibility index (Phi) is 8.25. The summed E-state index contributed by atoms with van der Waals surface area (Å²) in [6, 6.07) is 4.04. The largest absolute Gasteiger partial charge is 0.492 e. The highest BCUT2D eigenvalue weighted by Crippen LogP contribution is 2.34. The van der Waals surface area contributed by atoms with Crippen molar-refractivity contribution >= 4 is 38.5 Å². The summed E-state index contributed by atoms with van der Waals surface area (Å²) in [4.78, 5) is 0. The van der Waals surface area contributed by atoms with Crippen molar-refractivity contribution < 1.29 is 9.47 Å². The van der Waals surface area contributed by atoms with E-state index in [2.05, 4.69) is 66.2 Å². The van der Waals surface area contributed by atoms with E-state index in [1.807, 2.05) is 12.1 Å². The second-order valence-electron chi connectivity index (χ2n) is 5.78. The van der Waals surface area contributed by atoms with Gasteiger partial charge in [-0.1, -0.05) is 27.7 Å². The molecular formula is C16H24BrIO2. The molecule has 0 amide bonds. The Morgan fingerprint density at radius 1 is 0.950 bits per heavy atom. The van der Waals surface area contributed by atoms with Crippen LogP contribution < -0.4 is 9.47 Å². The summed E-state index contributed by atoms with van der Waals surface area (Å²) in [5.41, 5.74) is 0. The molecule has 0 bridgehead atoms. The molecule has 20 heavy (non-hydrogen) atoms. The van der Waals surface area contributed by atoms with Gasteiger partial charge in [-0.2, -0.15) is 0 Å². The zero-order chi connectivity index (χ0) is 15.1. The maximum atomic E-state index is 5.83. The van der Waals surface area contributed by atoms with Gasteiger partial charge >= 0.3 is 0 Å². The highest BCUT2D eigenvalue weighted by molar-refractivity contribution is 14.1. The van der Waals surface area contributed by atoms with Crippen LogP contribution in [0.25, 0.3) is 0 Å². The molecule has 0 heterocycles. The number of halogens is 2. The van der Waals surface area contributed by atoms with Crippen molar-refractivity contribution in [3.63, 3.8) is 0 Å². The lowest BCUT2D eigenvalue weighted by atomic mass is 10.1. The van der Waals surface area contributed by atoms with Crippen molar-refractivity contribution in [2.45, 2.75) is 40.5 Å². The van der Waals surface area contributed by atoms with Gasteiger partial charge in [0.1, 0.15) is 11.5 Å². The van der Waals surface area contributed by atoms with Crippen molar-refractivity contribution in [1.82, 2.24) is 0 Å². The average molecular weight is 455 g/mol. The molecule has 0 unspecified atom stereocenters. The minimum Gasteiger partial charge on any atom is -0.492 e. The molecule has 0 aliphatic heterocycles. The van der Waals surface area contributed by atoms with Crippen LogP contribution in [0.1, 0.15) is 40.5 Å².